The van der Waals surface area contributed by atoms with Crippen LogP contribution in [0.15, 0.2) is 18.3 Å². The predicted octanol–water partition coefficient (Wildman–Crippen LogP) is -1.23. The van der Waals surface area contributed by atoms with E-state index in [4.69, 9.17) is 15.8 Å². The predicted molar refractivity (Wildman–Crippen MR) is 45.7 cm³/mol. The van der Waals surface area contributed by atoms with Crippen molar-refractivity contribution in [3.05, 3.63) is 18.3 Å². The summed E-state index contributed by atoms with van der Waals surface area (Å²) in [6.45, 7) is 0. The molecule has 0 aliphatic heterocycles. The van der Waals surface area contributed by atoms with Gasteiger partial charge in [0.15, 0.2) is 0 Å². The zero-order valence-electron chi connectivity index (χ0n) is 5.64. The van der Waals surface area contributed by atoms with E-state index in [1.54, 1.807) is 6.07 Å². The van der Waals surface area contributed by atoms with Crippen LogP contribution in [0.1, 0.15) is 0 Å². The van der Waals surface area contributed by atoms with Gasteiger partial charge in [0.1, 0.15) is 5.82 Å². The molecule has 1 rings (SSSR count). The zero-order chi connectivity index (χ0) is 7.56. The van der Waals surface area contributed by atoms with Gasteiger partial charge in [0, 0.05) is 11.7 Å². The van der Waals surface area contributed by atoms with Crippen LogP contribution in [-0.4, -0.2) is 22.2 Å². The first kappa shape index (κ1) is 10.2. The van der Waals surface area contributed by atoms with Crippen LogP contribution in [0.4, 0.5) is 5.82 Å². The minimum atomic E-state index is -1.53. The molecule has 1 heterocycles. The zero-order valence-corrected chi connectivity index (χ0v) is 6.45. The van der Waals surface area contributed by atoms with Gasteiger partial charge in [-0.2, -0.15) is 0 Å². The molecule has 0 aliphatic carbocycles. The first-order valence-corrected chi connectivity index (χ1v) is 2.78. The van der Waals surface area contributed by atoms with Crippen molar-refractivity contribution < 1.29 is 10.0 Å². The van der Waals surface area contributed by atoms with Gasteiger partial charge in [0.05, 0.1) is 0 Å². The highest BCUT2D eigenvalue weighted by molar-refractivity contribution is 6.60. The van der Waals surface area contributed by atoms with Crippen molar-refractivity contribution in [2.24, 2.45) is 0 Å². The maximum atomic E-state index is 8.64. The molecule has 0 saturated carbocycles. The lowest BCUT2D eigenvalue weighted by molar-refractivity contribution is 0.426. The molecule has 11 heavy (non-hydrogen) atoms. The van der Waals surface area contributed by atoms with E-state index in [-0.39, 0.29) is 23.7 Å². The molecule has 0 amide bonds. The highest BCUT2D eigenvalue weighted by atomic mass is 35.5. The summed E-state index contributed by atoms with van der Waals surface area (Å²) in [6, 6.07) is 3.10. The quantitative estimate of drug-likeness (QED) is 0.466. The Morgan fingerprint density at radius 1 is 1.45 bits per heavy atom. The first-order valence-electron chi connectivity index (χ1n) is 2.78. The second kappa shape index (κ2) is 4.18. The maximum absolute atomic E-state index is 8.64. The molecule has 1 aromatic rings. The summed E-state index contributed by atoms with van der Waals surface area (Å²) < 4.78 is 0. The summed E-state index contributed by atoms with van der Waals surface area (Å²) in [6.07, 6.45) is 1.49. The Morgan fingerprint density at radius 3 is 2.45 bits per heavy atom. The third-order valence-corrected chi connectivity index (χ3v) is 1.15. The minimum absolute atomic E-state index is 0. The fourth-order valence-corrected chi connectivity index (χ4v) is 0.648. The molecule has 0 aliphatic rings. The van der Waals surface area contributed by atoms with E-state index in [1.165, 1.54) is 12.3 Å². The van der Waals surface area contributed by atoms with E-state index in [2.05, 4.69) is 4.98 Å². The van der Waals surface area contributed by atoms with Crippen molar-refractivity contribution in [1.29, 1.82) is 0 Å². The molecule has 0 spiro atoms. The molecular weight excluding hydrogens is 166 g/mol. The van der Waals surface area contributed by atoms with Gasteiger partial charge in [-0.3, -0.25) is 0 Å². The van der Waals surface area contributed by atoms with Gasteiger partial charge in [-0.05, 0) is 6.07 Å². The number of halogens is 1. The molecule has 0 bridgehead atoms. The number of hydrogen-bond acceptors (Lipinski definition) is 4. The molecule has 0 aromatic carbocycles. The molecule has 0 fully saturated rings. The number of anilines is 1. The van der Waals surface area contributed by atoms with Gasteiger partial charge in [0.2, 0.25) is 0 Å². The Kier molecular flexibility index (Phi) is 3.88. The Labute approximate surface area is 70.6 Å². The lowest BCUT2D eigenvalue weighted by atomic mass is 9.81. The van der Waals surface area contributed by atoms with Crippen LogP contribution in [0.25, 0.3) is 0 Å². The molecule has 60 valence electrons. The molecule has 0 atom stereocenters. The number of nitrogens with zero attached hydrogens (tertiary/aromatic N) is 1. The van der Waals surface area contributed by atoms with Crippen molar-refractivity contribution in [1.82, 2.24) is 4.98 Å². The molecule has 0 saturated heterocycles. The Morgan fingerprint density at radius 2 is 2.09 bits per heavy atom. The summed E-state index contributed by atoms with van der Waals surface area (Å²) in [4.78, 5) is 3.66. The minimum Gasteiger partial charge on any atom is -0.423 e. The summed E-state index contributed by atoms with van der Waals surface area (Å²) >= 11 is 0. The first-order chi connectivity index (χ1) is 4.72. The normalized spacial score (nSPS) is 8.55. The Balaban J connectivity index is 0.000001000. The van der Waals surface area contributed by atoms with Crippen molar-refractivity contribution >= 4 is 30.8 Å². The van der Waals surface area contributed by atoms with E-state index < -0.39 is 7.12 Å². The molecular formula is C5H8BClN2O2. The smallest absolute Gasteiger partial charge is 0.423 e. The third kappa shape index (κ3) is 2.38. The lowest BCUT2D eigenvalue weighted by Gasteiger charge is -1.99. The summed E-state index contributed by atoms with van der Waals surface area (Å²) in [5.74, 6) is 0.150. The van der Waals surface area contributed by atoms with Gasteiger partial charge in [-0.25, -0.2) is 4.98 Å². The van der Waals surface area contributed by atoms with E-state index in [0.29, 0.717) is 0 Å². The van der Waals surface area contributed by atoms with Crippen molar-refractivity contribution in [3.8, 4) is 0 Å². The summed E-state index contributed by atoms with van der Waals surface area (Å²) in [7, 11) is -1.53. The topological polar surface area (TPSA) is 79.4 Å². The number of nitrogen functional groups attached to an aromatic ring is 1. The average molecular weight is 174 g/mol. The fraction of sp³-hybridized carbons (Fsp3) is 0. The maximum Gasteiger partial charge on any atom is 0.492 e. The van der Waals surface area contributed by atoms with Crippen LogP contribution in [-0.2, 0) is 0 Å². The van der Waals surface area contributed by atoms with Gasteiger partial charge in [-0.15, -0.1) is 12.4 Å². The number of hydrogen-bond donors (Lipinski definition) is 3. The number of pyridine rings is 1. The summed E-state index contributed by atoms with van der Waals surface area (Å²) in [5, 5.41) is 17.3. The van der Waals surface area contributed by atoms with E-state index in [1.807, 2.05) is 0 Å². The van der Waals surface area contributed by atoms with Crippen LogP contribution in [0.3, 0.4) is 0 Å². The van der Waals surface area contributed by atoms with Crippen LogP contribution in [0.5, 0.6) is 0 Å². The number of rotatable bonds is 1. The molecule has 4 nitrogen and oxygen atoms in total. The second-order valence-electron chi connectivity index (χ2n) is 1.85. The van der Waals surface area contributed by atoms with Gasteiger partial charge in [0.25, 0.3) is 0 Å². The standard InChI is InChI=1S/C5H7BN2O2.ClH/c7-5-4(6(9)10)2-1-3-8-5;/h1-3,9-10H,(H2,7,8);1H. The van der Waals surface area contributed by atoms with Crippen LogP contribution in [0.2, 0.25) is 0 Å². The highest BCUT2D eigenvalue weighted by Crippen LogP contribution is 1.90. The highest BCUT2D eigenvalue weighted by Gasteiger charge is 2.13. The van der Waals surface area contributed by atoms with E-state index in [9.17, 15) is 0 Å². The van der Waals surface area contributed by atoms with Crippen LogP contribution < -0.4 is 11.2 Å². The van der Waals surface area contributed by atoms with Gasteiger partial charge in [-0.1, -0.05) is 6.07 Å². The van der Waals surface area contributed by atoms with Crippen LogP contribution >= 0.6 is 12.4 Å². The van der Waals surface area contributed by atoms with E-state index >= 15 is 0 Å². The Hall–Kier alpha value is -0.775. The third-order valence-electron chi connectivity index (χ3n) is 1.15. The molecule has 1 aromatic heterocycles. The average Bonchev–Trinajstić information content (AvgIpc) is 1.88. The Bertz CT molecular complexity index is 233. The fourth-order valence-electron chi connectivity index (χ4n) is 0.648. The molecule has 0 radical (unpaired) electrons. The SMILES string of the molecule is Cl.Nc1ncccc1B(O)O. The van der Waals surface area contributed by atoms with Crippen molar-refractivity contribution in [2.45, 2.75) is 0 Å². The molecule has 0 unspecified atom stereocenters. The monoisotopic (exact) mass is 174 g/mol. The molecule has 4 N–H and O–H groups in total. The van der Waals surface area contributed by atoms with Crippen molar-refractivity contribution in [2.75, 3.05) is 5.73 Å². The van der Waals surface area contributed by atoms with Crippen LogP contribution in [0, 0.1) is 0 Å². The number of nitrogens with two attached hydrogens (primary N) is 1. The largest absolute Gasteiger partial charge is 0.492 e. The second-order valence-corrected chi connectivity index (χ2v) is 1.85. The van der Waals surface area contributed by atoms with Crippen molar-refractivity contribution in [3.63, 3.8) is 0 Å². The molecule has 6 heteroatoms. The van der Waals surface area contributed by atoms with Gasteiger partial charge >= 0.3 is 7.12 Å². The van der Waals surface area contributed by atoms with Gasteiger partial charge < -0.3 is 15.8 Å². The lowest BCUT2D eigenvalue weighted by Crippen LogP contribution is -2.32. The number of aromatic nitrogens is 1. The summed E-state index contributed by atoms with van der Waals surface area (Å²) in [5.41, 5.74) is 5.53. The van der Waals surface area contributed by atoms with E-state index in [0.717, 1.165) is 0 Å².